The zero-order chi connectivity index (χ0) is 12.5. The van der Waals surface area contributed by atoms with Gasteiger partial charge in [-0.2, -0.15) is 0 Å². The van der Waals surface area contributed by atoms with E-state index < -0.39 is 0 Å². The summed E-state index contributed by atoms with van der Waals surface area (Å²) in [6, 6.07) is 0. The molecule has 2 rings (SSSR count). The lowest BCUT2D eigenvalue weighted by atomic mass is 9.70. The van der Waals surface area contributed by atoms with Gasteiger partial charge in [0.05, 0.1) is 12.7 Å². The van der Waals surface area contributed by atoms with Crippen LogP contribution in [0.2, 0.25) is 0 Å². The summed E-state index contributed by atoms with van der Waals surface area (Å²) in [5.74, 6) is 1.15. The highest BCUT2D eigenvalue weighted by Crippen LogP contribution is 2.41. The molecule has 1 saturated heterocycles. The Kier molecular flexibility index (Phi) is 4.11. The van der Waals surface area contributed by atoms with Crippen molar-refractivity contribution in [2.45, 2.75) is 50.7 Å². The topological polar surface area (TPSA) is 32.7 Å². The maximum atomic E-state index is 10.8. The number of nitrogens with zero attached hydrogens (tertiary/aromatic N) is 1. The highest BCUT2D eigenvalue weighted by molar-refractivity contribution is 5.00. The van der Waals surface area contributed by atoms with Crippen molar-refractivity contribution >= 4 is 0 Å². The molecule has 2 unspecified atom stereocenters. The van der Waals surface area contributed by atoms with E-state index in [1.54, 1.807) is 0 Å². The number of aliphatic hydroxyl groups excluding tert-OH is 1. The van der Waals surface area contributed by atoms with Crippen molar-refractivity contribution in [2.24, 2.45) is 11.8 Å². The second-order valence-corrected chi connectivity index (χ2v) is 6.25. The molecule has 0 aromatic carbocycles. The summed E-state index contributed by atoms with van der Waals surface area (Å²) in [5, 5.41) is 10.8. The Morgan fingerprint density at radius 2 is 1.88 bits per heavy atom. The van der Waals surface area contributed by atoms with E-state index in [9.17, 15) is 5.11 Å². The van der Waals surface area contributed by atoms with Gasteiger partial charge in [-0.1, -0.05) is 6.92 Å². The van der Waals surface area contributed by atoms with Crippen LogP contribution in [0.5, 0.6) is 0 Å². The fourth-order valence-electron chi connectivity index (χ4n) is 3.51. The number of likely N-dealkylation sites (N-methyl/N-ethyl adjacent to an activating group) is 1. The third kappa shape index (κ3) is 2.51. The molecule has 17 heavy (non-hydrogen) atoms. The SMILES string of the molecule is CC1CCC(C(O)C2CCOC2)(N(C)C)CC1. The van der Waals surface area contributed by atoms with E-state index in [1.165, 1.54) is 12.8 Å². The second kappa shape index (κ2) is 5.25. The van der Waals surface area contributed by atoms with Gasteiger partial charge in [0.1, 0.15) is 0 Å². The van der Waals surface area contributed by atoms with Crippen LogP contribution in [-0.4, -0.2) is 49.0 Å². The molecule has 2 aliphatic rings. The molecule has 2 fully saturated rings. The Balaban J connectivity index is 2.10. The Bertz CT molecular complexity index is 241. The Labute approximate surface area is 105 Å². The van der Waals surface area contributed by atoms with Gasteiger partial charge < -0.3 is 14.7 Å². The van der Waals surface area contributed by atoms with Crippen molar-refractivity contribution in [1.29, 1.82) is 0 Å². The number of rotatable bonds is 3. The molecule has 100 valence electrons. The van der Waals surface area contributed by atoms with E-state index in [0.717, 1.165) is 38.4 Å². The summed E-state index contributed by atoms with van der Waals surface area (Å²) in [6.07, 6.45) is 5.52. The maximum Gasteiger partial charge on any atom is 0.0774 e. The molecule has 0 aromatic rings. The van der Waals surface area contributed by atoms with Crippen LogP contribution in [0.25, 0.3) is 0 Å². The first-order chi connectivity index (χ1) is 8.06. The number of hydrogen-bond acceptors (Lipinski definition) is 3. The predicted octanol–water partition coefficient (Wildman–Crippen LogP) is 1.89. The molecule has 1 saturated carbocycles. The van der Waals surface area contributed by atoms with Gasteiger partial charge in [-0.3, -0.25) is 0 Å². The van der Waals surface area contributed by atoms with Crippen molar-refractivity contribution in [3.8, 4) is 0 Å². The summed E-state index contributed by atoms with van der Waals surface area (Å²) < 4.78 is 5.44. The molecule has 1 aliphatic heterocycles. The molecule has 1 aliphatic carbocycles. The minimum absolute atomic E-state index is 0.00905. The average molecular weight is 241 g/mol. The van der Waals surface area contributed by atoms with Crippen molar-refractivity contribution < 1.29 is 9.84 Å². The molecule has 0 amide bonds. The molecular formula is C14H27NO2. The van der Waals surface area contributed by atoms with Crippen molar-refractivity contribution in [2.75, 3.05) is 27.3 Å². The van der Waals surface area contributed by atoms with Crippen LogP contribution in [0.3, 0.4) is 0 Å². The summed E-state index contributed by atoms with van der Waals surface area (Å²) in [7, 11) is 4.24. The fraction of sp³-hybridized carbons (Fsp3) is 1.00. The monoisotopic (exact) mass is 241 g/mol. The number of hydrogen-bond donors (Lipinski definition) is 1. The summed E-state index contributed by atoms with van der Waals surface area (Å²) in [5.41, 5.74) is -0.00905. The van der Waals surface area contributed by atoms with Crippen molar-refractivity contribution in [3.05, 3.63) is 0 Å². The lowest BCUT2D eigenvalue weighted by Crippen LogP contribution is -2.58. The van der Waals surface area contributed by atoms with Crippen molar-refractivity contribution in [1.82, 2.24) is 4.90 Å². The zero-order valence-electron chi connectivity index (χ0n) is 11.5. The highest BCUT2D eigenvalue weighted by atomic mass is 16.5. The molecule has 0 spiro atoms. The van der Waals surface area contributed by atoms with Gasteiger partial charge in [0.15, 0.2) is 0 Å². The molecule has 0 aromatic heterocycles. The fourth-order valence-corrected chi connectivity index (χ4v) is 3.51. The van der Waals surface area contributed by atoms with Crippen LogP contribution in [0, 0.1) is 11.8 Å². The van der Waals surface area contributed by atoms with Gasteiger partial charge in [-0.25, -0.2) is 0 Å². The molecule has 2 atom stereocenters. The Hall–Kier alpha value is -0.120. The zero-order valence-corrected chi connectivity index (χ0v) is 11.5. The molecule has 1 N–H and O–H groups in total. The molecular weight excluding hydrogens is 214 g/mol. The van der Waals surface area contributed by atoms with Crippen LogP contribution in [0.15, 0.2) is 0 Å². The molecule has 1 heterocycles. The first-order valence-electron chi connectivity index (χ1n) is 6.99. The van der Waals surface area contributed by atoms with Gasteiger partial charge in [0.2, 0.25) is 0 Å². The van der Waals surface area contributed by atoms with Gasteiger partial charge in [0, 0.05) is 18.1 Å². The lowest BCUT2D eigenvalue weighted by Gasteiger charge is -2.49. The van der Waals surface area contributed by atoms with Crippen LogP contribution < -0.4 is 0 Å². The average Bonchev–Trinajstić information content (AvgIpc) is 2.82. The molecule has 0 bridgehead atoms. The Morgan fingerprint density at radius 3 is 2.35 bits per heavy atom. The largest absolute Gasteiger partial charge is 0.391 e. The van der Waals surface area contributed by atoms with Crippen LogP contribution in [0.4, 0.5) is 0 Å². The van der Waals surface area contributed by atoms with E-state index in [4.69, 9.17) is 4.74 Å². The van der Waals surface area contributed by atoms with Crippen LogP contribution in [-0.2, 0) is 4.74 Å². The summed E-state index contributed by atoms with van der Waals surface area (Å²) in [6.45, 7) is 3.89. The summed E-state index contributed by atoms with van der Waals surface area (Å²) in [4.78, 5) is 2.27. The van der Waals surface area contributed by atoms with Crippen LogP contribution in [0.1, 0.15) is 39.0 Å². The third-order valence-electron chi connectivity index (χ3n) is 4.99. The minimum Gasteiger partial charge on any atom is -0.391 e. The van der Waals surface area contributed by atoms with Gasteiger partial charge in [0.25, 0.3) is 0 Å². The quantitative estimate of drug-likeness (QED) is 0.819. The van der Waals surface area contributed by atoms with E-state index in [-0.39, 0.29) is 11.6 Å². The lowest BCUT2D eigenvalue weighted by molar-refractivity contribution is -0.0685. The van der Waals surface area contributed by atoms with Crippen molar-refractivity contribution in [3.63, 3.8) is 0 Å². The minimum atomic E-state index is -0.229. The molecule has 3 heteroatoms. The number of aliphatic hydroxyl groups is 1. The van der Waals surface area contributed by atoms with Gasteiger partial charge >= 0.3 is 0 Å². The molecule has 0 radical (unpaired) electrons. The predicted molar refractivity (Wildman–Crippen MR) is 69.0 cm³/mol. The third-order valence-corrected chi connectivity index (χ3v) is 4.99. The normalized spacial score (nSPS) is 40.8. The standard InChI is InChI=1S/C14H27NO2/c1-11-4-7-14(8-5-11,15(2)3)13(16)12-6-9-17-10-12/h11-13,16H,4-10H2,1-3H3. The summed E-state index contributed by atoms with van der Waals surface area (Å²) >= 11 is 0. The molecule has 3 nitrogen and oxygen atoms in total. The first kappa shape index (κ1) is 13.3. The maximum absolute atomic E-state index is 10.8. The first-order valence-corrected chi connectivity index (χ1v) is 6.99. The van der Waals surface area contributed by atoms with E-state index in [2.05, 4.69) is 25.9 Å². The van der Waals surface area contributed by atoms with E-state index in [1.807, 2.05) is 0 Å². The van der Waals surface area contributed by atoms with Crippen LogP contribution >= 0.6 is 0 Å². The Morgan fingerprint density at radius 1 is 1.24 bits per heavy atom. The van der Waals surface area contributed by atoms with E-state index in [0.29, 0.717) is 5.92 Å². The highest BCUT2D eigenvalue weighted by Gasteiger charge is 2.46. The van der Waals surface area contributed by atoms with Gasteiger partial charge in [-0.15, -0.1) is 0 Å². The van der Waals surface area contributed by atoms with Gasteiger partial charge in [-0.05, 0) is 52.1 Å². The smallest absolute Gasteiger partial charge is 0.0774 e. The van der Waals surface area contributed by atoms with E-state index >= 15 is 0 Å². The second-order valence-electron chi connectivity index (χ2n) is 6.25. The number of ether oxygens (including phenoxy) is 1.